The van der Waals surface area contributed by atoms with Gasteiger partial charge in [-0.05, 0) is 35.9 Å². The maximum atomic E-state index is 12.7. The van der Waals surface area contributed by atoms with Crippen molar-refractivity contribution in [2.45, 2.75) is 12.3 Å². The van der Waals surface area contributed by atoms with Crippen LogP contribution < -0.4 is 19.9 Å². The fraction of sp³-hybridized carbons (Fsp3) is 0.227. The number of ether oxygens (including phenoxy) is 4. The molecule has 8 nitrogen and oxygen atoms in total. The van der Waals surface area contributed by atoms with Gasteiger partial charge in [-0.25, -0.2) is 9.59 Å². The van der Waals surface area contributed by atoms with Gasteiger partial charge < -0.3 is 24.7 Å². The molecule has 2 aromatic carbocycles. The number of methoxy groups -OCH3 is 1. The van der Waals surface area contributed by atoms with E-state index in [1.807, 2.05) is 0 Å². The number of hydrogen-bond donors (Lipinski definition) is 1. The molecule has 1 atom stereocenters. The molecule has 11 heteroatoms. The van der Waals surface area contributed by atoms with Crippen LogP contribution in [0.5, 0.6) is 17.2 Å². The van der Waals surface area contributed by atoms with Crippen LogP contribution in [0.15, 0.2) is 54.6 Å². The number of alkyl halides is 3. The summed E-state index contributed by atoms with van der Waals surface area (Å²) in [6.07, 6.45) is -5.45. The number of para-hydroxylation sites is 2. The van der Waals surface area contributed by atoms with Gasteiger partial charge in [0.25, 0.3) is 6.10 Å². The minimum Gasteiger partial charge on any atom is -0.493 e. The van der Waals surface area contributed by atoms with Gasteiger partial charge in [-0.15, -0.1) is 0 Å². The molecule has 0 aliphatic heterocycles. The van der Waals surface area contributed by atoms with Gasteiger partial charge in [0, 0.05) is 6.54 Å². The monoisotopic (exact) mass is 467 g/mol. The third-order valence-corrected chi connectivity index (χ3v) is 3.90. The Morgan fingerprint density at radius 2 is 1.76 bits per heavy atom. The average molecular weight is 467 g/mol. The Morgan fingerprint density at radius 1 is 1.06 bits per heavy atom. The number of esters is 2. The first-order chi connectivity index (χ1) is 15.7. The number of halogens is 3. The SMILES string of the molecule is COc1ccccc1OC(C(=O)C=Cc1cccc(OCCN)c1)C(=O)OC(=O)C(F)(F)F. The molecular formula is C22H20F3NO7. The highest BCUT2D eigenvalue weighted by atomic mass is 19.4. The number of hydrogen-bond acceptors (Lipinski definition) is 8. The molecule has 0 fully saturated rings. The van der Waals surface area contributed by atoms with Crippen molar-refractivity contribution >= 4 is 23.8 Å². The van der Waals surface area contributed by atoms with Gasteiger partial charge in [0.1, 0.15) is 12.4 Å². The Kier molecular flexibility index (Phi) is 8.98. The van der Waals surface area contributed by atoms with E-state index < -0.39 is 30.0 Å². The molecule has 0 heterocycles. The van der Waals surface area contributed by atoms with E-state index in [2.05, 4.69) is 4.74 Å². The first-order valence-electron chi connectivity index (χ1n) is 9.43. The number of rotatable bonds is 10. The van der Waals surface area contributed by atoms with Crippen molar-refractivity contribution in [1.82, 2.24) is 0 Å². The van der Waals surface area contributed by atoms with E-state index in [1.54, 1.807) is 30.3 Å². The summed E-state index contributed by atoms with van der Waals surface area (Å²) in [5.74, 6) is -5.25. The van der Waals surface area contributed by atoms with Crippen LogP contribution in [0.3, 0.4) is 0 Å². The van der Waals surface area contributed by atoms with Gasteiger partial charge in [-0.3, -0.25) is 4.79 Å². The van der Waals surface area contributed by atoms with Gasteiger partial charge in [0.15, 0.2) is 11.5 Å². The molecule has 2 N–H and O–H groups in total. The second kappa shape index (κ2) is 11.7. The van der Waals surface area contributed by atoms with Crippen LogP contribution in [0, 0.1) is 0 Å². The van der Waals surface area contributed by atoms with Gasteiger partial charge in [-0.2, -0.15) is 13.2 Å². The first-order valence-corrected chi connectivity index (χ1v) is 9.43. The second-order valence-corrected chi connectivity index (χ2v) is 6.30. The molecule has 2 rings (SSSR count). The summed E-state index contributed by atoms with van der Waals surface area (Å²) in [5.41, 5.74) is 5.86. The Bertz CT molecular complexity index is 1020. The fourth-order valence-electron chi connectivity index (χ4n) is 2.42. The Hall–Kier alpha value is -3.86. The number of carbonyl (C=O) groups is 3. The van der Waals surface area contributed by atoms with Gasteiger partial charge >= 0.3 is 18.1 Å². The molecule has 0 aliphatic rings. The Morgan fingerprint density at radius 3 is 2.39 bits per heavy atom. The molecule has 0 saturated carbocycles. The normalized spacial score (nSPS) is 12.2. The minimum absolute atomic E-state index is 0.0963. The third kappa shape index (κ3) is 7.65. The molecule has 0 aromatic heterocycles. The highest BCUT2D eigenvalue weighted by molar-refractivity contribution is 6.11. The van der Waals surface area contributed by atoms with Crippen LogP contribution in [0.4, 0.5) is 13.2 Å². The van der Waals surface area contributed by atoms with Crippen LogP contribution in [0.2, 0.25) is 0 Å². The van der Waals surface area contributed by atoms with E-state index in [9.17, 15) is 27.6 Å². The maximum Gasteiger partial charge on any atom is 0.491 e. The van der Waals surface area contributed by atoms with Crippen molar-refractivity contribution in [2.75, 3.05) is 20.3 Å². The van der Waals surface area contributed by atoms with E-state index in [0.717, 1.165) is 6.08 Å². The van der Waals surface area contributed by atoms with E-state index >= 15 is 0 Å². The fourth-order valence-corrected chi connectivity index (χ4v) is 2.42. The quantitative estimate of drug-likeness (QED) is 0.322. The van der Waals surface area contributed by atoms with Crippen LogP contribution in [0.25, 0.3) is 6.08 Å². The van der Waals surface area contributed by atoms with Crippen LogP contribution in [-0.4, -0.2) is 50.3 Å². The summed E-state index contributed by atoms with van der Waals surface area (Å²) in [6, 6.07) is 12.3. The van der Waals surface area contributed by atoms with E-state index in [0.29, 0.717) is 17.9 Å². The third-order valence-electron chi connectivity index (χ3n) is 3.90. The van der Waals surface area contributed by atoms with Gasteiger partial charge in [0.2, 0.25) is 5.78 Å². The van der Waals surface area contributed by atoms with Crippen molar-refractivity contribution in [3.8, 4) is 17.2 Å². The number of ketones is 1. The van der Waals surface area contributed by atoms with Crippen molar-refractivity contribution < 1.29 is 46.5 Å². The standard InChI is InChI=1S/C22H20F3NO7/c1-30-17-7-2-3-8-18(17)32-19(20(28)33-21(29)22(23,24)25)16(27)10-9-14-5-4-6-15(13-14)31-12-11-26/h2-10,13,19H,11-12,26H2,1H3. The van der Waals surface area contributed by atoms with Crippen LogP contribution in [0.1, 0.15) is 5.56 Å². The van der Waals surface area contributed by atoms with E-state index in [-0.39, 0.29) is 18.1 Å². The molecule has 33 heavy (non-hydrogen) atoms. The molecule has 176 valence electrons. The summed E-state index contributed by atoms with van der Waals surface area (Å²) in [5, 5.41) is 0. The lowest BCUT2D eigenvalue weighted by Crippen LogP contribution is -2.40. The molecule has 2 aromatic rings. The molecule has 1 unspecified atom stereocenters. The zero-order valence-electron chi connectivity index (χ0n) is 17.3. The molecular weight excluding hydrogens is 447 g/mol. The van der Waals surface area contributed by atoms with Crippen LogP contribution >= 0.6 is 0 Å². The van der Waals surface area contributed by atoms with Gasteiger partial charge in [0.05, 0.1) is 7.11 Å². The van der Waals surface area contributed by atoms with E-state index in [1.165, 1.54) is 31.4 Å². The number of benzene rings is 2. The predicted molar refractivity (Wildman–Crippen MR) is 110 cm³/mol. The smallest absolute Gasteiger partial charge is 0.491 e. The van der Waals surface area contributed by atoms with Crippen molar-refractivity contribution in [1.29, 1.82) is 0 Å². The Labute approximate surface area is 186 Å². The van der Waals surface area contributed by atoms with Crippen molar-refractivity contribution in [3.63, 3.8) is 0 Å². The zero-order chi connectivity index (χ0) is 24.4. The number of nitrogens with two attached hydrogens (primary N) is 1. The van der Waals surface area contributed by atoms with E-state index in [4.69, 9.17) is 19.9 Å². The summed E-state index contributed by atoms with van der Waals surface area (Å²) in [7, 11) is 1.28. The average Bonchev–Trinajstić information content (AvgIpc) is 2.79. The lowest BCUT2D eigenvalue weighted by atomic mass is 10.1. The molecule has 0 bridgehead atoms. The number of carbonyl (C=O) groups excluding carboxylic acids is 3. The summed E-state index contributed by atoms with van der Waals surface area (Å²) in [4.78, 5) is 36.0. The predicted octanol–water partition coefficient (Wildman–Crippen LogP) is 2.69. The molecule has 0 spiro atoms. The largest absolute Gasteiger partial charge is 0.493 e. The molecule has 0 radical (unpaired) electrons. The zero-order valence-corrected chi connectivity index (χ0v) is 17.3. The van der Waals surface area contributed by atoms with Crippen molar-refractivity contribution in [2.24, 2.45) is 5.73 Å². The maximum absolute atomic E-state index is 12.7. The van der Waals surface area contributed by atoms with Gasteiger partial charge in [-0.1, -0.05) is 30.3 Å². The second-order valence-electron chi connectivity index (χ2n) is 6.30. The summed E-state index contributed by atoms with van der Waals surface area (Å²) >= 11 is 0. The highest BCUT2D eigenvalue weighted by Crippen LogP contribution is 2.28. The lowest BCUT2D eigenvalue weighted by Gasteiger charge is -2.17. The topological polar surface area (TPSA) is 114 Å². The first kappa shape index (κ1) is 25.4. The Balaban J connectivity index is 2.28. The minimum atomic E-state index is -5.44. The molecule has 0 aliphatic carbocycles. The molecule has 0 saturated heterocycles. The van der Waals surface area contributed by atoms with Crippen molar-refractivity contribution in [3.05, 3.63) is 60.2 Å². The molecule has 0 amide bonds. The lowest BCUT2D eigenvalue weighted by molar-refractivity contribution is -0.203. The summed E-state index contributed by atoms with van der Waals surface area (Å²) in [6.45, 7) is 0.555. The highest BCUT2D eigenvalue weighted by Gasteiger charge is 2.44. The van der Waals surface area contributed by atoms with Crippen LogP contribution in [-0.2, 0) is 19.1 Å². The summed E-state index contributed by atoms with van der Waals surface area (Å²) < 4.78 is 57.0.